The lowest BCUT2D eigenvalue weighted by molar-refractivity contribution is 0.0705. The minimum atomic E-state index is 0.00787. The number of likely N-dealkylation sites (tertiary alicyclic amines) is 1. The van der Waals surface area contributed by atoms with Crippen LogP contribution in [0, 0.1) is 13.8 Å². The second-order valence-corrected chi connectivity index (χ2v) is 7.36. The summed E-state index contributed by atoms with van der Waals surface area (Å²) in [6.07, 6.45) is 2.88. The highest BCUT2D eigenvalue weighted by atomic mass is 16.5. The number of amides is 1. The van der Waals surface area contributed by atoms with Crippen LogP contribution in [0.1, 0.15) is 40.1 Å². The summed E-state index contributed by atoms with van der Waals surface area (Å²) >= 11 is 0. The predicted octanol–water partition coefficient (Wildman–Crippen LogP) is 4.91. The number of aryl methyl sites for hydroxylation is 2. The Morgan fingerprint density at radius 1 is 1.22 bits per heavy atom. The standard InChI is InChI=1S/C23H25NO3/c1-15-7-4-11-20-16(2)22(27-21(15)20)23(25)24-12-6-9-18(24)13-17-8-5-10-19(14-17)26-3/h4-5,7-8,10-11,14,18H,6,9,12-13H2,1-3H3. The van der Waals surface area contributed by atoms with Gasteiger partial charge in [0.15, 0.2) is 5.76 Å². The number of carbonyl (C=O) groups is 1. The van der Waals surface area contributed by atoms with Crippen LogP contribution >= 0.6 is 0 Å². The molecular weight excluding hydrogens is 338 g/mol. The second-order valence-electron chi connectivity index (χ2n) is 7.36. The summed E-state index contributed by atoms with van der Waals surface area (Å²) in [4.78, 5) is 15.3. The molecule has 0 spiro atoms. The molecule has 0 bridgehead atoms. The molecule has 1 atom stereocenters. The van der Waals surface area contributed by atoms with Gasteiger partial charge in [-0.2, -0.15) is 0 Å². The maximum absolute atomic E-state index is 13.3. The van der Waals surface area contributed by atoms with E-state index in [1.807, 2.05) is 49.1 Å². The highest BCUT2D eigenvalue weighted by molar-refractivity contribution is 5.99. The van der Waals surface area contributed by atoms with Crippen molar-refractivity contribution in [2.45, 2.75) is 39.2 Å². The summed E-state index contributed by atoms with van der Waals surface area (Å²) < 4.78 is 11.4. The maximum Gasteiger partial charge on any atom is 0.290 e. The number of ether oxygens (including phenoxy) is 1. The molecule has 0 saturated carbocycles. The van der Waals surface area contributed by atoms with E-state index in [0.717, 1.165) is 53.7 Å². The van der Waals surface area contributed by atoms with Crippen molar-refractivity contribution in [1.29, 1.82) is 0 Å². The van der Waals surface area contributed by atoms with Crippen molar-refractivity contribution in [1.82, 2.24) is 4.90 Å². The average molecular weight is 363 g/mol. The Kier molecular flexibility index (Phi) is 4.65. The number of rotatable bonds is 4. The molecule has 2 aromatic carbocycles. The summed E-state index contributed by atoms with van der Waals surface area (Å²) in [5, 5.41) is 1.03. The molecule has 1 amide bonds. The van der Waals surface area contributed by atoms with E-state index in [1.54, 1.807) is 7.11 Å². The molecule has 1 unspecified atom stereocenters. The van der Waals surface area contributed by atoms with E-state index in [4.69, 9.17) is 9.15 Å². The number of methoxy groups -OCH3 is 1. The van der Waals surface area contributed by atoms with Gasteiger partial charge in [0.25, 0.3) is 5.91 Å². The average Bonchev–Trinajstić information content (AvgIpc) is 3.27. The smallest absolute Gasteiger partial charge is 0.290 e. The Morgan fingerprint density at radius 2 is 2.04 bits per heavy atom. The number of fused-ring (bicyclic) bond motifs is 1. The van der Waals surface area contributed by atoms with Crippen LogP contribution in [0.5, 0.6) is 5.75 Å². The summed E-state index contributed by atoms with van der Waals surface area (Å²) in [7, 11) is 1.68. The molecule has 1 aliphatic rings. The fraction of sp³-hybridized carbons (Fsp3) is 0.348. The lowest BCUT2D eigenvalue weighted by Gasteiger charge is -2.24. The monoisotopic (exact) mass is 363 g/mol. The zero-order chi connectivity index (χ0) is 19.0. The Morgan fingerprint density at radius 3 is 2.81 bits per heavy atom. The molecule has 0 aliphatic carbocycles. The molecule has 1 aliphatic heterocycles. The zero-order valence-electron chi connectivity index (χ0n) is 16.1. The topological polar surface area (TPSA) is 42.7 Å². The van der Waals surface area contributed by atoms with Crippen LogP contribution in [0.2, 0.25) is 0 Å². The maximum atomic E-state index is 13.3. The van der Waals surface area contributed by atoms with Crippen molar-refractivity contribution in [2.24, 2.45) is 0 Å². The van der Waals surface area contributed by atoms with E-state index in [1.165, 1.54) is 5.56 Å². The van der Waals surface area contributed by atoms with Gasteiger partial charge in [0.2, 0.25) is 0 Å². The third-order valence-electron chi connectivity index (χ3n) is 5.60. The normalized spacial score (nSPS) is 16.9. The second kappa shape index (κ2) is 7.10. The van der Waals surface area contributed by atoms with E-state index in [9.17, 15) is 4.79 Å². The number of para-hydroxylation sites is 1. The highest BCUT2D eigenvalue weighted by Gasteiger charge is 2.32. The number of carbonyl (C=O) groups excluding carboxylic acids is 1. The van der Waals surface area contributed by atoms with Gasteiger partial charge in [-0.25, -0.2) is 0 Å². The van der Waals surface area contributed by atoms with Crippen molar-refractivity contribution in [2.75, 3.05) is 13.7 Å². The zero-order valence-corrected chi connectivity index (χ0v) is 16.1. The quantitative estimate of drug-likeness (QED) is 0.662. The Labute approximate surface area is 159 Å². The van der Waals surface area contributed by atoms with Crippen LogP contribution in [-0.4, -0.2) is 30.5 Å². The van der Waals surface area contributed by atoms with Crippen molar-refractivity contribution < 1.29 is 13.9 Å². The molecule has 4 heteroatoms. The fourth-order valence-electron chi connectivity index (χ4n) is 4.11. The van der Waals surface area contributed by atoms with E-state index < -0.39 is 0 Å². The summed E-state index contributed by atoms with van der Waals surface area (Å²) in [5.74, 6) is 1.34. The van der Waals surface area contributed by atoms with Crippen LogP contribution < -0.4 is 4.74 Å². The lowest BCUT2D eigenvalue weighted by atomic mass is 10.0. The van der Waals surface area contributed by atoms with Gasteiger partial charge < -0.3 is 14.1 Å². The molecular formula is C23H25NO3. The van der Waals surface area contributed by atoms with Crippen LogP contribution in [-0.2, 0) is 6.42 Å². The van der Waals surface area contributed by atoms with E-state index in [2.05, 4.69) is 12.1 Å². The van der Waals surface area contributed by atoms with Gasteiger partial charge in [0.1, 0.15) is 11.3 Å². The molecule has 1 fully saturated rings. The molecule has 1 saturated heterocycles. The van der Waals surface area contributed by atoms with Gasteiger partial charge in [-0.05, 0) is 56.4 Å². The molecule has 4 nitrogen and oxygen atoms in total. The molecule has 140 valence electrons. The SMILES string of the molecule is COc1cccc(CC2CCCN2C(=O)c2oc3c(C)cccc3c2C)c1. The van der Waals surface area contributed by atoms with Crippen molar-refractivity contribution in [3.8, 4) is 5.75 Å². The van der Waals surface area contributed by atoms with Crippen molar-refractivity contribution >= 4 is 16.9 Å². The molecule has 3 aromatic rings. The Balaban J connectivity index is 1.61. The van der Waals surface area contributed by atoms with E-state index >= 15 is 0 Å². The molecule has 0 radical (unpaired) electrons. The third-order valence-corrected chi connectivity index (χ3v) is 5.60. The van der Waals surface area contributed by atoms with Crippen molar-refractivity contribution in [3.05, 3.63) is 64.9 Å². The summed E-state index contributed by atoms with van der Waals surface area (Å²) in [6, 6.07) is 14.3. The van der Waals surface area contributed by atoms with E-state index in [-0.39, 0.29) is 11.9 Å². The minimum absolute atomic E-state index is 0.00787. The third kappa shape index (κ3) is 3.20. The van der Waals surface area contributed by atoms with Crippen LogP contribution in [0.15, 0.2) is 46.9 Å². The van der Waals surface area contributed by atoms with Gasteiger partial charge in [-0.15, -0.1) is 0 Å². The Bertz CT molecular complexity index is 988. The lowest BCUT2D eigenvalue weighted by Crippen LogP contribution is -2.36. The predicted molar refractivity (Wildman–Crippen MR) is 106 cm³/mol. The van der Waals surface area contributed by atoms with Crippen LogP contribution in [0.25, 0.3) is 11.0 Å². The molecule has 1 aromatic heterocycles. The Hall–Kier alpha value is -2.75. The molecule has 0 N–H and O–H groups in total. The summed E-state index contributed by atoms with van der Waals surface area (Å²) in [5.41, 5.74) is 4.01. The number of furan rings is 1. The summed E-state index contributed by atoms with van der Waals surface area (Å²) in [6.45, 7) is 4.77. The van der Waals surface area contributed by atoms with Crippen LogP contribution in [0.3, 0.4) is 0 Å². The first-order chi connectivity index (χ1) is 13.1. The first kappa shape index (κ1) is 17.7. The minimum Gasteiger partial charge on any atom is -0.497 e. The number of nitrogens with zero attached hydrogens (tertiary/aromatic N) is 1. The molecule has 27 heavy (non-hydrogen) atoms. The number of hydrogen-bond donors (Lipinski definition) is 0. The van der Waals surface area contributed by atoms with Gasteiger partial charge in [-0.3, -0.25) is 4.79 Å². The largest absolute Gasteiger partial charge is 0.497 e. The highest BCUT2D eigenvalue weighted by Crippen LogP contribution is 2.31. The van der Waals surface area contributed by atoms with Gasteiger partial charge in [0, 0.05) is 23.5 Å². The fourth-order valence-corrected chi connectivity index (χ4v) is 4.11. The van der Waals surface area contributed by atoms with Gasteiger partial charge in [-0.1, -0.05) is 30.3 Å². The van der Waals surface area contributed by atoms with Crippen molar-refractivity contribution in [3.63, 3.8) is 0 Å². The van der Waals surface area contributed by atoms with Gasteiger partial charge >= 0.3 is 0 Å². The van der Waals surface area contributed by atoms with E-state index in [0.29, 0.717) is 5.76 Å². The molecule has 2 heterocycles. The first-order valence-electron chi connectivity index (χ1n) is 9.51. The first-order valence-corrected chi connectivity index (χ1v) is 9.51. The number of hydrogen-bond acceptors (Lipinski definition) is 3. The van der Waals surface area contributed by atoms with Gasteiger partial charge in [0.05, 0.1) is 7.11 Å². The molecule has 4 rings (SSSR count). The van der Waals surface area contributed by atoms with Crippen LogP contribution in [0.4, 0.5) is 0 Å². The number of benzene rings is 2.